The first-order valence-electron chi connectivity index (χ1n) is 5.00. The van der Waals surface area contributed by atoms with Crippen molar-refractivity contribution < 1.29 is 4.79 Å². The van der Waals surface area contributed by atoms with Gasteiger partial charge in [0.25, 0.3) is 0 Å². The zero-order valence-corrected chi connectivity index (χ0v) is 8.86. The molecule has 0 radical (unpaired) electrons. The molecular formula is C10H17N3O. The van der Waals surface area contributed by atoms with Crippen LogP contribution in [0, 0.1) is 11.3 Å². The second-order valence-corrected chi connectivity index (χ2v) is 3.85. The van der Waals surface area contributed by atoms with Crippen LogP contribution in [0.15, 0.2) is 0 Å². The molecule has 4 nitrogen and oxygen atoms in total. The molecule has 14 heavy (non-hydrogen) atoms. The molecule has 0 aliphatic carbocycles. The van der Waals surface area contributed by atoms with Gasteiger partial charge in [-0.05, 0) is 13.3 Å². The van der Waals surface area contributed by atoms with Gasteiger partial charge in [-0.1, -0.05) is 0 Å². The SMILES string of the molecule is CC(CC#N)N1CCCN(C)C(=O)C1. The standard InChI is InChI=1S/C10H17N3O/c1-9(4-5-11)13-7-3-6-12(2)10(14)8-13/h9H,3-4,6-8H2,1-2H3. The number of amides is 1. The second kappa shape index (κ2) is 4.97. The van der Waals surface area contributed by atoms with Crippen LogP contribution in [0.5, 0.6) is 0 Å². The van der Waals surface area contributed by atoms with Gasteiger partial charge >= 0.3 is 0 Å². The van der Waals surface area contributed by atoms with Crippen LogP contribution in [0.25, 0.3) is 0 Å². The molecule has 0 saturated carbocycles. The van der Waals surface area contributed by atoms with Gasteiger partial charge in [0.1, 0.15) is 0 Å². The molecule has 1 aliphatic rings. The first-order chi connectivity index (χ1) is 6.65. The summed E-state index contributed by atoms with van der Waals surface area (Å²) < 4.78 is 0. The Hall–Kier alpha value is -1.08. The highest BCUT2D eigenvalue weighted by atomic mass is 16.2. The quantitative estimate of drug-likeness (QED) is 0.643. The number of nitrogens with zero attached hydrogens (tertiary/aromatic N) is 3. The van der Waals surface area contributed by atoms with Gasteiger partial charge in [0, 0.05) is 26.2 Å². The minimum atomic E-state index is 0.160. The van der Waals surface area contributed by atoms with Crippen LogP contribution < -0.4 is 0 Å². The molecule has 1 rings (SSSR count). The van der Waals surface area contributed by atoms with Crippen molar-refractivity contribution in [3.8, 4) is 6.07 Å². The summed E-state index contributed by atoms with van der Waals surface area (Å²) in [4.78, 5) is 15.4. The fraction of sp³-hybridized carbons (Fsp3) is 0.800. The fourth-order valence-electron chi connectivity index (χ4n) is 1.65. The minimum absolute atomic E-state index is 0.160. The average Bonchev–Trinajstić information content (AvgIpc) is 2.30. The van der Waals surface area contributed by atoms with Gasteiger partial charge in [-0.3, -0.25) is 9.69 Å². The molecule has 4 heteroatoms. The van der Waals surface area contributed by atoms with Gasteiger partial charge < -0.3 is 4.90 Å². The van der Waals surface area contributed by atoms with Crippen molar-refractivity contribution in [2.45, 2.75) is 25.8 Å². The Morgan fingerprint density at radius 1 is 1.57 bits per heavy atom. The molecule has 78 valence electrons. The van der Waals surface area contributed by atoms with Crippen molar-refractivity contribution in [1.29, 1.82) is 5.26 Å². The summed E-state index contributed by atoms with van der Waals surface area (Å²) >= 11 is 0. The molecule has 1 fully saturated rings. The molecule has 0 aromatic carbocycles. The third-order valence-electron chi connectivity index (χ3n) is 2.71. The van der Waals surface area contributed by atoms with Crippen molar-refractivity contribution in [1.82, 2.24) is 9.80 Å². The number of rotatable bonds is 2. The maximum atomic E-state index is 11.5. The highest BCUT2D eigenvalue weighted by molar-refractivity contribution is 5.78. The predicted octanol–water partition coefficient (Wildman–Crippen LogP) is 0.453. The molecule has 1 atom stereocenters. The number of hydrogen-bond donors (Lipinski definition) is 0. The molecule has 0 aromatic rings. The molecular weight excluding hydrogens is 178 g/mol. The highest BCUT2D eigenvalue weighted by Crippen LogP contribution is 2.08. The lowest BCUT2D eigenvalue weighted by Crippen LogP contribution is -2.39. The minimum Gasteiger partial charge on any atom is -0.345 e. The van der Waals surface area contributed by atoms with E-state index in [4.69, 9.17) is 5.26 Å². The largest absolute Gasteiger partial charge is 0.345 e. The Morgan fingerprint density at radius 3 is 2.93 bits per heavy atom. The van der Waals surface area contributed by atoms with Crippen LogP contribution >= 0.6 is 0 Å². The molecule has 1 heterocycles. The van der Waals surface area contributed by atoms with Gasteiger partial charge in [0.05, 0.1) is 19.0 Å². The van der Waals surface area contributed by atoms with E-state index >= 15 is 0 Å². The number of carbonyl (C=O) groups excluding carboxylic acids is 1. The van der Waals surface area contributed by atoms with Gasteiger partial charge in [0.15, 0.2) is 0 Å². The van der Waals surface area contributed by atoms with E-state index in [-0.39, 0.29) is 11.9 Å². The van der Waals surface area contributed by atoms with Crippen LogP contribution in [0.2, 0.25) is 0 Å². The van der Waals surface area contributed by atoms with E-state index in [0.717, 1.165) is 19.5 Å². The van der Waals surface area contributed by atoms with E-state index in [0.29, 0.717) is 13.0 Å². The molecule has 0 N–H and O–H groups in total. The Morgan fingerprint density at radius 2 is 2.29 bits per heavy atom. The van der Waals surface area contributed by atoms with Gasteiger partial charge in [-0.15, -0.1) is 0 Å². The van der Waals surface area contributed by atoms with E-state index in [1.165, 1.54) is 0 Å². The highest BCUT2D eigenvalue weighted by Gasteiger charge is 2.22. The zero-order chi connectivity index (χ0) is 10.6. The van der Waals surface area contributed by atoms with Gasteiger partial charge in [-0.25, -0.2) is 0 Å². The topological polar surface area (TPSA) is 47.3 Å². The summed E-state index contributed by atoms with van der Waals surface area (Å²) in [5.74, 6) is 0.160. The number of carbonyl (C=O) groups is 1. The van der Waals surface area contributed by atoms with Crippen molar-refractivity contribution in [3.05, 3.63) is 0 Å². The maximum absolute atomic E-state index is 11.5. The predicted molar refractivity (Wildman–Crippen MR) is 53.5 cm³/mol. The second-order valence-electron chi connectivity index (χ2n) is 3.85. The van der Waals surface area contributed by atoms with E-state index in [1.54, 1.807) is 4.90 Å². The molecule has 0 aromatic heterocycles. The summed E-state index contributed by atoms with van der Waals surface area (Å²) in [5.41, 5.74) is 0. The fourth-order valence-corrected chi connectivity index (χ4v) is 1.65. The summed E-state index contributed by atoms with van der Waals surface area (Å²) in [6.07, 6.45) is 1.50. The Balaban J connectivity index is 2.54. The Bertz CT molecular complexity index is 246. The maximum Gasteiger partial charge on any atom is 0.236 e. The third-order valence-corrected chi connectivity index (χ3v) is 2.71. The molecule has 1 aliphatic heterocycles. The molecule has 1 amide bonds. The number of hydrogen-bond acceptors (Lipinski definition) is 3. The summed E-state index contributed by atoms with van der Waals surface area (Å²) in [6, 6.07) is 2.33. The monoisotopic (exact) mass is 195 g/mol. The number of nitriles is 1. The van der Waals surface area contributed by atoms with Gasteiger partial charge in [0.2, 0.25) is 5.91 Å². The van der Waals surface area contributed by atoms with Crippen molar-refractivity contribution in [2.75, 3.05) is 26.7 Å². The van der Waals surface area contributed by atoms with E-state index in [2.05, 4.69) is 11.0 Å². The molecule has 0 spiro atoms. The van der Waals surface area contributed by atoms with E-state index < -0.39 is 0 Å². The summed E-state index contributed by atoms with van der Waals surface area (Å²) in [7, 11) is 1.83. The zero-order valence-electron chi connectivity index (χ0n) is 8.86. The van der Waals surface area contributed by atoms with E-state index in [1.807, 2.05) is 14.0 Å². The molecule has 0 bridgehead atoms. The lowest BCUT2D eigenvalue weighted by Gasteiger charge is -2.24. The first-order valence-corrected chi connectivity index (χ1v) is 5.00. The Kier molecular flexibility index (Phi) is 3.90. The van der Waals surface area contributed by atoms with Crippen LogP contribution in [-0.2, 0) is 4.79 Å². The Labute approximate surface area is 85.1 Å². The van der Waals surface area contributed by atoms with Crippen molar-refractivity contribution in [2.24, 2.45) is 0 Å². The normalized spacial score (nSPS) is 21.5. The van der Waals surface area contributed by atoms with Crippen LogP contribution in [0.1, 0.15) is 19.8 Å². The lowest BCUT2D eigenvalue weighted by atomic mass is 10.2. The van der Waals surface area contributed by atoms with Crippen molar-refractivity contribution >= 4 is 5.91 Å². The summed E-state index contributed by atoms with van der Waals surface area (Å²) in [6.45, 7) is 4.20. The van der Waals surface area contributed by atoms with E-state index in [9.17, 15) is 4.79 Å². The average molecular weight is 195 g/mol. The first kappa shape index (κ1) is 11.0. The van der Waals surface area contributed by atoms with Crippen LogP contribution in [0.3, 0.4) is 0 Å². The molecule has 1 saturated heterocycles. The third kappa shape index (κ3) is 2.71. The summed E-state index contributed by atoms with van der Waals surface area (Å²) in [5, 5.41) is 8.58. The smallest absolute Gasteiger partial charge is 0.236 e. The van der Waals surface area contributed by atoms with Crippen LogP contribution in [-0.4, -0.2) is 48.4 Å². The van der Waals surface area contributed by atoms with Crippen LogP contribution in [0.4, 0.5) is 0 Å². The van der Waals surface area contributed by atoms with Crippen molar-refractivity contribution in [3.63, 3.8) is 0 Å². The lowest BCUT2D eigenvalue weighted by molar-refractivity contribution is -0.130. The van der Waals surface area contributed by atoms with Gasteiger partial charge in [-0.2, -0.15) is 5.26 Å². The number of likely N-dealkylation sites (N-methyl/N-ethyl adjacent to an activating group) is 1. The molecule has 1 unspecified atom stereocenters.